The molecule has 0 amide bonds. The standard InChI is InChI=1S/C13H18BrNO2/c1-13(2,3)17-12(16)8-9-15-11-7-5-4-6-10(11)14/h4-7,15H,8-9H2,1-3H3. The number of carbonyl (C=O) groups is 1. The van der Waals surface area contributed by atoms with Crippen LogP contribution in [0.3, 0.4) is 0 Å². The molecule has 0 saturated heterocycles. The molecule has 17 heavy (non-hydrogen) atoms. The van der Waals surface area contributed by atoms with E-state index in [9.17, 15) is 4.79 Å². The van der Waals surface area contributed by atoms with E-state index in [-0.39, 0.29) is 5.97 Å². The second kappa shape index (κ2) is 6.05. The van der Waals surface area contributed by atoms with Crippen LogP contribution in [0, 0.1) is 0 Å². The molecule has 0 radical (unpaired) electrons. The quantitative estimate of drug-likeness (QED) is 0.864. The molecule has 1 aromatic carbocycles. The molecule has 3 nitrogen and oxygen atoms in total. The summed E-state index contributed by atoms with van der Waals surface area (Å²) in [6.45, 7) is 6.17. The summed E-state index contributed by atoms with van der Waals surface area (Å²) in [6.07, 6.45) is 0.360. The number of hydrogen-bond donors (Lipinski definition) is 1. The van der Waals surface area contributed by atoms with E-state index in [2.05, 4.69) is 21.2 Å². The summed E-state index contributed by atoms with van der Waals surface area (Å²) >= 11 is 3.43. The van der Waals surface area contributed by atoms with Crippen molar-refractivity contribution >= 4 is 27.6 Å². The molecule has 0 atom stereocenters. The average molecular weight is 300 g/mol. The third-order valence-electron chi connectivity index (χ3n) is 1.94. The van der Waals surface area contributed by atoms with Crippen LogP contribution >= 0.6 is 15.9 Å². The zero-order valence-corrected chi connectivity index (χ0v) is 12.0. The SMILES string of the molecule is CC(C)(C)OC(=O)CCNc1ccccc1Br. The predicted octanol–water partition coefficient (Wildman–Crippen LogP) is 3.59. The van der Waals surface area contributed by atoms with Gasteiger partial charge < -0.3 is 10.1 Å². The van der Waals surface area contributed by atoms with Crippen molar-refractivity contribution in [1.82, 2.24) is 0 Å². The van der Waals surface area contributed by atoms with Gasteiger partial charge in [-0.05, 0) is 48.8 Å². The molecule has 0 aliphatic heterocycles. The lowest BCUT2D eigenvalue weighted by molar-refractivity contribution is -0.154. The van der Waals surface area contributed by atoms with Gasteiger partial charge in [-0.25, -0.2) is 0 Å². The summed E-state index contributed by atoms with van der Waals surface area (Å²) in [5.41, 5.74) is 0.570. The minimum absolute atomic E-state index is 0.183. The first-order valence-electron chi connectivity index (χ1n) is 5.59. The largest absolute Gasteiger partial charge is 0.460 e. The third kappa shape index (κ3) is 5.73. The first-order chi connectivity index (χ1) is 7.88. The lowest BCUT2D eigenvalue weighted by atomic mass is 10.2. The summed E-state index contributed by atoms with van der Waals surface area (Å²) in [4.78, 5) is 11.5. The van der Waals surface area contributed by atoms with Crippen LogP contribution in [0.4, 0.5) is 5.69 Å². The summed E-state index contributed by atoms with van der Waals surface area (Å²) in [5, 5.41) is 3.18. The Morgan fingerprint density at radius 3 is 2.59 bits per heavy atom. The molecule has 0 unspecified atom stereocenters. The summed E-state index contributed by atoms with van der Waals surface area (Å²) in [6, 6.07) is 7.80. The maximum absolute atomic E-state index is 11.5. The van der Waals surface area contributed by atoms with Crippen LogP contribution in [0.2, 0.25) is 0 Å². The molecule has 0 fully saturated rings. The van der Waals surface area contributed by atoms with Crippen molar-refractivity contribution in [2.24, 2.45) is 0 Å². The van der Waals surface area contributed by atoms with Crippen molar-refractivity contribution in [3.63, 3.8) is 0 Å². The van der Waals surface area contributed by atoms with Crippen LogP contribution in [-0.4, -0.2) is 18.1 Å². The molecule has 4 heteroatoms. The fraction of sp³-hybridized carbons (Fsp3) is 0.462. The van der Waals surface area contributed by atoms with E-state index in [1.807, 2.05) is 45.0 Å². The first-order valence-corrected chi connectivity index (χ1v) is 6.38. The number of esters is 1. The van der Waals surface area contributed by atoms with E-state index in [4.69, 9.17) is 4.74 Å². The third-order valence-corrected chi connectivity index (χ3v) is 2.63. The van der Waals surface area contributed by atoms with Crippen molar-refractivity contribution in [3.05, 3.63) is 28.7 Å². The van der Waals surface area contributed by atoms with Gasteiger partial charge in [-0.3, -0.25) is 4.79 Å². The van der Waals surface area contributed by atoms with Gasteiger partial charge in [0.25, 0.3) is 0 Å². The van der Waals surface area contributed by atoms with Crippen LogP contribution < -0.4 is 5.32 Å². The topological polar surface area (TPSA) is 38.3 Å². The van der Waals surface area contributed by atoms with Gasteiger partial charge in [0.2, 0.25) is 0 Å². The van der Waals surface area contributed by atoms with Gasteiger partial charge in [-0.15, -0.1) is 0 Å². The molecule has 0 aliphatic rings. The molecule has 1 aromatic rings. The number of carbonyl (C=O) groups excluding carboxylic acids is 1. The maximum atomic E-state index is 11.5. The lowest BCUT2D eigenvalue weighted by Crippen LogP contribution is -2.25. The number of ether oxygens (including phenoxy) is 1. The number of para-hydroxylation sites is 1. The second-order valence-corrected chi connectivity index (χ2v) is 5.60. The second-order valence-electron chi connectivity index (χ2n) is 4.74. The predicted molar refractivity (Wildman–Crippen MR) is 73.1 cm³/mol. The molecule has 94 valence electrons. The van der Waals surface area contributed by atoms with Gasteiger partial charge in [0.15, 0.2) is 0 Å². The molecule has 0 aliphatic carbocycles. The monoisotopic (exact) mass is 299 g/mol. The highest BCUT2D eigenvalue weighted by Gasteiger charge is 2.15. The number of hydrogen-bond acceptors (Lipinski definition) is 3. The fourth-order valence-corrected chi connectivity index (χ4v) is 1.72. The Kier molecular flexibility index (Phi) is 5.00. The first kappa shape index (κ1) is 14.0. The van der Waals surface area contributed by atoms with E-state index in [0.29, 0.717) is 13.0 Å². The minimum Gasteiger partial charge on any atom is -0.460 e. The Morgan fingerprint density at radius 1 is 1.35 bits per heavy atom. The molecule has 0 saturated carbocycles. The smallest absolute Gasteiger partial charge is 0.308 e. The van der Waals surface area contributed by atoms with E-state index in [1.165, 1.54) is 0 Å². The van der Waals surface area contributed by atoms with Gasteiger partial charge >= 0.3 is 5.97 Å². The van der Waals surface area contributed by atoms with Gasteiger partial charge in [-0.1, -0.05) is 12.1 Å². The van der Waals surface area contributed by atoms with Crippen molar-refractivity contribution in [2.75, 3.05) is 11.9 Å². The Labute approximate surface area is 111 Å². The van der Waals surface area contributed by atoms with Crippen molar-refractivity contribution in [2.45, 2.75) is 32.8 Å². The van der Waals surface area contributed by atoms with Gasteiger partial charge in [-0.2, -0.15) is 0 Å². The molecule has 1 N–H and O–H groups in total. The van der Waals surface area contributed by atoms with E-state index < -0.39 is 5.60 Å². The Bertz CT molecular complexity index is 385. The van der Waals surface area contributed by atoms with Crippen LogP contribution in [0.15, 0.2) is 28.7 Å². The Balaban J connectivity index is 2.34. The molecular weight excluding hydrogens is 282 g/mol. The number of nitrogens with one attached hydrogen (secondary N) is 1. The molecule has 1 rings (SSSR count). The zero-order valence-electron chi connectivity index (χ0n) is 10.4. The highest BCUT2D eigenvalue weighted by atomic mass is 79.9. The van der Waals surface area contributed by atoms with Gasteiger partial charge in [0.05, 0.1) is 6.42 Å². The summed E-state index contributed by atoms with van der Waals surface area (Å²) < 4.78 is 6.21. The van der Waals surface area contributed by atoms with Crippen molar-refractivity contribution < 1.29 is 9.53 Å². The molecule has 0 bridgehead atoms. The summed E-state index contributed by atoms with van der Waals surface area (Å²) in [7, 11) is 0. The van der Waals surface area contributed by atoms with Gasteiger partial charge in [0, 0.05) is 16.7 Å². The average Bonchev–Trinajstić information content (AvgIpc) is 2.18. The van der Waals surface area contributed by atoms with Crippen LogP contribution in [0.25, 0.3) is 0 Å². The molecule has 0 heterocycles. The Hall–Kier alpha value is -1.03. The van der Waals surface area contributed by atoms with Crippen molar-refractivity contribution in [1.29, 1.82) is 0 Å². The van der Waals surface area contributed by atoms with E-state index >= 15 is 0 Å². The van der Waals surface area contributed by atoms with E-state index in [1.54, 1.807) is 0 Å². The van der Waals surface area contributed by atoms with Crippen LogP contribution in [0.1, 0.15) is 27.2 Å². The molecule has 0 aromatic heterocycles. The normalized spacial score (nSPS) is 11.1. The minimum atomic E-state index is -0.412. The highest BCUT2D eigenvalue weighted by molar-refractivity contribution is 9.10. The fourth-order valence-electron chi connectivity index (χ4n) is 1.30. The number of anilines is 1. The van der Waals surface area contributed by atoms with Crippen LogP contribution in [-0.2, 0) is 9.53 Å². The number of rotatable bonds is 4. The number of benzene rings is 1. The highest BCUT2D eigenvalue weighted by Crippen LogP contribution is 2.21. The number of halogens is 1. The Morgan fingerprint density at radius 2 is 2.00 bits per heavy atom. The lowest BCUT2D eigenvalue weighted by Gasteiger charge is -2.19. The van der Waals surface area contributed by atoms with E-state index in [0.717, 1.165) is 10.2 Å². The van der Waals surface area contributed by atoms with Crippen LogP contribution in [0.5, 0.6) is 0 Å². The molecular formula is C13H18BrNO2. The van der Waals surface area contributed by atoms with Crippen molar-refractivity contribution in [3.8, 4) is 0 Å². The zero-order chi connectivity index (χ0) is 12.9. The van der Waals surface area contributed by atoms with Gasteiger partial charge in [0.1, 0.15) is 5.60 Å². The maximum Gasteiger partial charge on any atom is 0.308 e. The summed E-state index contributed by atoms with van der Waals surface area (Å²) in [5.74, 6) is -0.183. The molecule has 0 spiro atoms.